The van der Waals surface area contributed by atoms with Crippen LogP contribution >= 0.6 is 0 Å². The number of benzene rings is 2. The summed E-state index contributed by atoms with van der Waals surface area (Å²) in [5.74, 6) is -0.704. The molecule has 4 rings (SSSR count). The van der Waals surface area contributed by atoms with E-state index in [1.807, 2.05) is 30.3 Å². The van der Waals surface area contributed by atoms with E-state index in [0.29, 0.717) is 22.3 Å². The molecule has 0 radical (unpaired) electrons. The number of hydrogen-bond donors (Lipinski definition) is 1. The van der Waals surface area contributed by atoms with E-state index >= 15 is 0 Å². The third-order valence-corrected chi connectivity index (χ3v) is 4.59. The fraction of sp³-hybridized carbons (Fsp3) is 0.143. The van der Waals surface area contributed by atoms with Gasteiger partial charge in [-0.25, -0.2) is 14.1 Å². The Morgan fingerprint density at radius 2 is 1.97 bits per heavy atom. The van der Waals surface area contributed by atoms with Gasteiger partial charge in [0, 0.05) is 18.7 Å². The molecule has 1 amide bonds. The normalized spacial score (nSPS) is 11.0. The van der Waals surface area contributed by atoms with Crippen molar-refractivity contribution in [3.63, 3.8) is 0 Å². The first-order valence-electron chi connectivity index (χ1n) is 9.07. The van der Waals surface area contributed by atoms with Crippen molar-refractivity contribution < 1.29 is 9.18 Å². The van der Waals surface area contributed by atoms with Crippen molar-refractivity contribution in [2.75, 3.05) is 5.32 Å². The Morgan fingerprint density at radius 1 is 1.17 bits per heavy atom. The molecule has 0 aliphatic carbocycles. The molecule has 7 nitrogen and oxygen atoms in total. The molecule has 0 spiro atoms. The molecular formula is C21H18FN5O2. The largest absolute Gasteiger partial charge is 0.326 e. The standard InChI is InChI=1S/C21H18FN5O2/c1-14-7-8-15(11-18(14)22)25-19(28)9-10-26-13-23-20-17(21(26)29)12-24-27(20)16-5-3-2-4-6-16/h2-8,11-13H,9-10H2,1H3,(H,25,28). The number of fused-ring (bicyclic) bond motifs is 1. The second-order valence-electron chi connectivity index (χ2n) is 6.63. The highest BCUT2D eigenvalue weighted by Crippen LogP contribution is 2.15. The van der Waals surface area contributed by atoms with Gasteiger partial charge in [0.2, 0.25) is 5.91 Å². The van der Waals surface area contributed by atoms with Crippen molar-refractivity contribution in [3.05, 3.63) is 82.8 Å². The molecule has 29 heavy (non-hydrogen) atoms. The molecule has 1 N–H and O–H groups in total. The Kier molecular flexibility index (Phi) is 4.90. The summed E-state index contributed by atoms with van der Waals surface area (Å²) in [4.78, 5) is 29.2. The van der Waals surface area contributed by atoms with Crippen molar-refractivity contribution in [2.24, 2.45) is 0 Å². The molecule has 4 aromatic rings. The van der Waals surface area contributed by atoms with Gasteiger partial charge in [-0.3, -0.25) is 14.2 Å². The number of carbonyl (C=O) groups excluding carboxylic acids is 1. The summed E-state index contributed by atoms with van der Waals surface area (Å²) in [6.07, 6.45) is 2.93. The van der Waals surface area contributed by atoms with E-state index in [4.69, 9.17) is 0 Å². The highest BCUT2D eigenvalue weighted by molar-refractivity contribution is 5.90. The zero-order valence-electron chi connectivity index (χ0n) is 15.7. The Labute approximate surface area is 165 Å². The van der Waals surface area contributed by atoms with Gasteiger partial charge in [-0.05, 0) is 36.8 Å². The Hall–Kier alpha value is -3.81. The van der Waals surface area contributed by atoms with Crippen LogP contribution in [-0.2, 0) is 11.3 Å². The number of amides is 1. The molecule has 146 valence electrons. The number of hydrogen-bond acceptors (Lipinski definition) is 4. The minimum absolute atomic E-state index is 0.0510. The summed E-state index contributed by atoms with van der Waals surface area (Å²) in [6, 6.07) is 13.9. The molecule has 8 heteroatoms. The van der Waals surface area contributed by atoms with Gasteiger partial charge in [0.25, 0.3) is 5.56 Å². The molecular weight excluding hydrogens is 373 g/mol. The van der Waals surface area contributed by atoms with Crippen LogP contribution in [0, 0.1) is 12.7 Å². The minimum atomic E-state index is -0.385. The highest BCUT2D eigenvalue weighted by Gasteiger charge is 2.12. The van der Waals surface area contributed by atoms with Crippen LogP contribution in [0.5, 0.6) is 0 Å². The zero-order chi connectivity index (χ0) is 20.4. The lowest BCUT2D eigenvalue weighted by Gasteiger charge is -2.08. The maximum absolute atomic E-state index is 13.6. The van der Waals surface area contributed by atoms with Crippen LogP contribution in [0.4, 0.5) is 10.1 Å². The smallest absolute Gasteiger partial charge is 0.264 e. The molecule has 0 aliphatic rings. The summed E-state index contributed by atoms with van der Waals surface area (Å²) in [5.41, 5.74) is 1.87. The van der Waals surface area contributed by atoms with E-state index in [-0.39, 0.29) is 30.2 Å². The number of anilines is 1. The lowest BCUT2D eigenvalue weighted by atomic mass is 10.2. The third-order valence-electron chi connectivity index (χ3n) is 4.59. The van der Waals surface area contributed by atoms with Gasteiger partial charge in [0.15, 0.2) is 5.65 Å². The van der Waals surface area contributed by atoms with Crippen LogP contribution in [-0.4, -0.2) is 25.2 Å². The summed E-state index contributed by atoms with van der Waals surface area (Å²) in [7, 11) is 0. The molecule has 0 saturated carbocycles. The molecule has 0 aliphatic heterocycles. The number of rotatable bonds is 5. The molecule has 0 bridgehead atoms. The second kappa shape index (κ2) is 7.67. The van der Waals surface area contributed by atoms with E-state index in [9.17, 15) is 14.0 Å². The Balaban J connectivity index is 1.50. The number of aryl methyl sites for hydroxylation is 2. The quantitative estimate of drug-likeness (QED) is 0.567. The van der Waals surface area contributed by atoms with E-state index in [2.05, 4.69) is 15.4 Å². The number of nitrogens with one attached hydrogen (secondary N) is 1. The lowest BCUT2D eigenvalue weighted by molar-refractivity contribution is -0.116. The Bertz CT molecular complexity index is 1250. The van der Waals surface area contributed by atoms with E-state index in [1.165, 1.54) is 23.2 Å². The van der Waals surface area contributed by atoms with Gasteiger partial charge in [0.05, 0.1) is 18.2 Å². The van der Waals surface area contributed by atoms with Crippen LogP contribution < -0.4 is 10.9 Å². The molecule has 2 heterocycles. The molecule has 0 atom stereocenters. The van der Waals surface area contributed by atoms with Crippen molar-refractivity contribution >= 4 is 22.6 Å². The summed E-state index contributed by atoms with van der Waals surface area (Å²) < 4.78 is 16.6. The topological polar surface area (TPSA) is 81.8 Å². The van der Waals surface area contributed by atoms with Gasteiger partial charge in [-0.1, -0.05) is 24.3 Å². The molecule has 2 aromatic heterocycles. The summed E-state index contributed by atoms with van der Waals surface area (Å²) in [5, 5.41) is 7.26. The second-order valence-corrected chi connectivity index (χ2v) is 6.63. The average Bonchev–Trinajstić information content (AvgIpc) is 3.16. The van der Waals surface area contributed by atoms with Crippen LogP contribution in [0.2, 0.25) is 0 Å². The monoisotopic (exact) mass is 391 g/mol. The van der Waals surface area contributed by atoms with Crippen LogP contribution in [0.3, 0.4) is 0 Å². The third kappa shape index (κ3) is 3.77. The first-order chi connectivity index (χ1) is 14.0. The number of nitrogens with zero attached hydrogens (tertiary/aromatic N) is 4. The summed E-state index contributed by atoms with van der Waals surface area (Å²) >= 11 is 0. The van der Waals surface area contributed by atoms with Crippen LogP contribution in [0.1, 0.15) is 12.0 Å². The van der Waals surface area contributed by atoms with Crippen molar-refractivity contribution in [1.29, 1.82) is 0 Å². The predicted octanol–water partition coefficient (Wildman–Crippen LogP) is 3.06. The van der Waals surface area contributed by atoms with Gasteiger partial charge in [0.1, 0.15) is 11.2 Å². The number of para-hydroxylation sites is 1. The number of aromatic nitrogens is 4. The van der Waals surface area contributed by atoms with Crippen molar-refractivity contribution in [2.45, 2.75) is 19.9 Å². The fourth-order valence-electron chi connectivity index (χ4n) is 2.98. The summed E-state index contributed by atoms with van der Waals surface area (Å²) in [6.45, 7) is 1.80. The minimum Gasteiger partial charge on any atom is -0.326 e. The Morgan fingerprint density at radius 3 is 2.72 bits per heavy atom. The zero-order valence-corrected chi connectivity index (χ0v) is 15.7. The van der Waals surface area contributed by atoms with Crippen molar-refractivity contribution in [1.82, 2.24) is 19.3 Å². The van der Waals surface area contributed by atoms with E-state index in [0.717, 1.165) is 5.69 Å². The molecule has 0 fully saturated rings. The van der Waals surface area contributed by atoms with Gasteiger partial charge in [-0.15, -0.1) is 0 Å². The predicted molar refractivity (Wildman–Crippen MR) is 108 cm³/mol. The molecule has 0 unspecified atom stereocenters. The average molecular weight is 391 g/mol. The SMILES string of the molecule is Cc1ccc(NC(=O)CCn2cnc3c(cnn3-c3ccccc3)c2=O)cc1F. The lowest BCUT2D eigenvalue weighted by Crippen LogP contribution is -2.23. The number of carbonyl (C=O) groups is 1. The fourth-order valence-corrected chi connectivity index (χ4v) is 2.98. The highest BCUT2D eigenvalue weighted by atomic mass is 19.1. The first kappa shape index (κ1) is 18.5. The van der Waals surface area contributed by atoms with Gasteiger partial charge >= 0.3 is 0 Å². The maximum Gasteiger partial charge on any atom is 0.264 e. The van der Waals surface area contributed by atoms with Gasteiger partial charge < -0.3 is 5.32 Å². The van der Waals surface area contributed by atoms with Gasteiger partial charge in [-0.2, -0.15) is 5.10 Å². The molecule has 2 aromatic carbocycles. The van der Waals surface area contributed by atoms with E-state index in [1.54, 1.807) is 23.7 Å². The first-order valence-corrected chi connectivity index (χ1v) is 9.07. The van der Waals surface area contributed by atoms with Crippen LogP contribution in [0.25, 0.3) is 16.7 Å². The van der Waals surface area contributed by atoms with Crippen LogP contribution in [0.15, 0.2) is 65.8 Å². The number of halogens is 1. The molecule has 0 saturated heterocycles. The van der Waals surface area contributed by atoms with Crippen molar-refractivity contribution in [3.8, 4) is 5.69 Å². The van der Waals surface area contributed by atoms with E-state index < -0.39 is 0 Å². The maximum atomic E-state index is 13.6.